The van der Waals surface area contributed by atoms with E-state index in [2.05, 4.69) is 10.2 Å². The predicted molar refractivity (Wildman–Crippen MR) is 207 cm³/mol. The minimum Gasteiger partial charge on any atom is -0.497 e. The topological polar surface area (TPSA) is 144 Å². The fourth-order valence-electron chi connectivity index (χ4n) is 6.15. The van der Waals surface area contributed by atoms with Crippen LogP contribution in [-0.2, 0) is 16.1 Å². The van der Waals surface area contributed by atoms with Crippen LogP contribution in [-0.4, -0.2) is 43.9 Å². The third kappa shape index (κ3) is 7.10. The summed E-state index contributed by atoms with van der Waals surface area (Å²) in [6.45, 7) is 4.33. The number of thiazole rings is 1. The quantitative estimate of drug-likeness (QED) is 0.0777. The van der Waals surface area contributed by atoms with Gasteiger partial charge in [0.2, 0.25) is 0 Å². The average Bonchev–Trinajstić information content (AvgIpc) is 3.74. The highest BCUT2D eigenvalue weighted by atomic mass is 35.5. The third-order valence-corrected chi connectivity index (χ3v) is 10.9. The van der Waals surface area contributed by atoms with Gasteiger partial charge in [0.1, 0.15) is 5.75 Å². The number of aromatic nitrogens is 4. The van der Waals surface area contributed by atoms with Crippen molar-refractivity contribution in [2.75, 3.05) is 13.7 Å². The number of hydrogen-bond donors (Lipinski definition) is 0. The molecule has 0 saturated heterocycles. The predicted octanol–water partition coefficient (Wildman–Crippen LogP) is 6.94. The highest BCUT2D eigenvalue weighted by molar-refractivity contribution is 7.99. The minimum absolute atomic E-state index is 0.110. The standard InChI is InChI=1S/C39H31ClN6O6S2/c1-4-44-35(25-14-9-15-27(40)19-25)42-43-39(44)53-30-18-17-28(46(49)50)20-26(30)22-31-36(47)45-34(24-13-10-16-29(21-24)51-3)32(37(48)52-5-2)33(41-38(45)54-31)23-11-7-6-8-12-23/h6-22,34H,4-5H2,1-3H3/b31-22+/t34-/m1/s1. The van der Waals surface area contributed by atoms with Crippen LogP contribution in [0.15, 0.2) is 122 Å². The number of nitrogens with zero attached hydrogens (tertiary/aromatic N) is 6. The molecule has 1 aliphatic rings. The Balaban J connectivity index is 1.43. The molecule has 7 rings (SSSR count). The first-order valence-corrected chi connectivity index (χ1v) is 18.8. The zero-order valence-electron chi connectivity index (χ0n) is 29.1. The highest BCUT2D eigenvalue weighted by Gasteiger charge is 2.35. The number of non-ortho nitro benzene ring substituents is 1. The summed E-state index contributed by atoms with van der Waals surface area (Å²) in [7, 11) is 1.54. The van der Waals surface area contributed by atoms with Crippen LogP contribution in [0.2, 0.25) is 5.02 Å². The SMILES string of the molecule is CCOC(=O)C1=C(c2ccccc2)N=c2s/c(=C/c3cc([N+](=O)[O-])ccc3Sc3nnc(-c4cccc(Cl)c4)n3CC)c(=O)n2[C@@H]1c1cccc(OC)c1. The molecule has 1 atom stereocenters. The van der Waals surface area contributed by atoms with Gasteiger partial charge in [0.05, 0.1) is 40.5 Å². The summed E-state index contributed by atoms with van der Waals surface area (Å²) in [6.07, 6.45) is 1.61. The van der Waals surface area contributed by atoms with Crippen molar-refractivity contribution in [3.05, 3.63) is 154 Å². The van der Waals surface area contributed by atoms with Crippen molar-refractivity contribution in [2.24, 2.45) is 4.99 Å². The van der Waals surface area contributed by atoms with Crippen molar-refractivity contribution in [1.29, 1.82) is 0 Å². The zero-order chi connectivity index (χ0) is 37.9. The van der Waals surface area contributed by atoms with E-state index in [1.807, 2.05) is 60.0 Å². The smallest absolute Gasteiger partial charge is 0.338 e. The first kappa shape index (κ1) is 36.5. The summed E-state index contributed by atoms with van der Waals surface area (Å²) in [4.78, 5) is 45.8. The van der Waals surface area contributed by atoms with Crippen molar-refractivity contribution >= 4 is 58.1 Å². The first-order chi connectivity index (χ1) is 26.2. The van der Waals surface area contributed by atoms with Gasteiger partial charge in [-0.2, -0.15) is 0 Å². The fourth-order valence-corrected chi connectivity index (χ4v) is 8.31. The van der Waals surface area contributed by atoms with Gasteiger partial charge in [-0.15, -0.1) is 10.2 Å². The number of benzene rings is 4. The molecular weight excluding hydrogens is 748 g/mol. The number of carbonyl (C=O) groups is 1. The van der Waals surface area contributed by atoms with E-state index >= 15 is 0 Å². The molecule has 0 N–H and O–H groups in total. The molecule has 1 aliphatic heterocycles. The molecule has 0 spiro atoms. The molecule has 0 aliphatic carbocycles. The summed E-state index contributed by atoms with van der Waals surface area (Å²) in [5.41, 5.74) is 2.45. The Hall–Kier alpha value is -5.83. The van der Waals surface area contributed by atoms with Crippen molar-refractivity contribution in [3.63, 3.8) is 0 Å². The van der Waals surface area contributed by atoms with Gasteiger partial charge in [0.25, 0.3) is 11.2 Å². The van der Waals surface area contributed by atoms with E-state index in [9.17, 15) is 19.7 Å². The van der Waals surface area contributed by atoms with Gasteiger partial charge in [-0.1, -0.05) is 77.5 Å². The average molecular weight is 779 g/mol. The second kappa shape index (κ2) is 15.6. The Morgan fingerprint density at radius 3 is 2.50 bits per heavy atom. The molecule has 12 nitrogen and oxygen atoms in total. The van der Waals surface area contributed by atoms with Gasteiger partial charge < -0.3 is 14.0 Å². The maximum Gasteiger partial charge on any atom is 0.338 e. The van der Waals surface area contributed by atoms with E-state index in [-0.39, 0.29) is 22.4 Å². The van der Waals surface area contributed by atoms with E-state index in [1.54, 1.807) is 49.4 Å². The minimum atomic E-state index is -0.931. The molecule has 0 amide bonds. The highest BCUT2D eigenvalue weighted by Crippen LogP contribution is 2.37. The molecule has 0 unspecified atom stereocenters. The lowest BCUT2D eigenvalue weighted by Crippen LogP contribution is -2.40. The Morgan fingerprint density at radius 2 is 1.78 bits per heavy atom. The van der Waals surface area contributed by atoms with Gasteiger partial charge in [0, 0.05) is 39.7 Å². The number of fused-ring (bicyclic) bond motifs is 1. The van der Waals surface area contributed by atoms with Gasteiger partial charge in [-0.05, 0) is 73.1 Å². The lowest BCUT2D eigenvalue weighted by molar-refractivity contribution is -0.384. The molecule has 2 aromatic heterocycles. The van der Waals surface area contributed by atoms with Crippen LogP contribution in [0.1, 0.15) is 36.6 Å². The van der Waals surface area contributed by atoms with E-state index in [0.29, 0.717) is 60.4 Å². The largest absolute Gasteiger partial charge is 0.497 e. The van der Waals surface area contributed by atoms with Gasteiger partial charge >= 0.3 is 5.97 Å². The Labute approximate surface area is 321 Å². The molecule has 0 bridgehead atoms. The van der Waals surface area contributed by atoms with Crippen LogP contribution in [0.4, 0.5) is 5.69 Å². The maximum atomic E-state index is 14.6. The van der Waals surface area contributed by atoms with E-state index < -0.39 is 22.5 Å². The molecular formula is C39H31ClN6O6S2. The second-order valence-electron chi connectivity index (χ2n) is 11.9. The number of carbonyl (C=O) groups excluding carboxylic acids is 1. The number of ether oxygens (including phenoxy) is 2. The second-order valence-corrected chi connectivity index (χ2v) is 14.3. The summed E-state index contributed by atoms with van der Waals surface area (Å²) < 4.78 is 14.7. The van der Waals surface area contributed by atoms with E-state index in [1.165, 1.54) is 35.6 Å². The zero-order valence-corrected chi connectivity index (χ0v) is 31.5. The number of hydrogen-bond acceptors (Lipinski definition) is 11. The normalized spacial score (nSPS) is 14.1. The summed E-state index contributed by atoms with van der Waals surface area (Å²) in [6, 6.07) is 27.2. The van der Waals surface area contributed by atoms with Crippen molar-refractivity contribution in [2.45, 2.75) is 36.5 Å². The summed E-state index contributed by atoms with van der Waals surface area (Å²) >= 11 is 8.65. The monoisotopic (exact) mass is 778 g/mol. The number of esters is 1. The van der Waals surface area contributed by atoms with Crippen LogP contribution in [0, 0.1) is 10.1 Å². The maximum absolute atomic E-state index is 14.6. The van der Waals surface area contributed by atoms with Gasteiger partial charge in [0.15, 0.2) is 15.8 Å². The molecule has 0 radical (unpaired) electrons. The van der Waals surface area contributed by atoms with Crippen molar-refractivity contribution in [1.82, 2.24) is 19.3 Å². The number of rotatable bonds is 11. The van der Waals surface area contributed by atoms with Crippen LogP contribution >= 0.6 is 34.7 Å². The summed E-state index contributed by atoms with van der Waals surface area (Å²) in [5.74, 6) is 0.535. The number of nitro benzene ring substituents is 1. The molecule has 54 heavy (non-hydrogen) atoms. The van der Waals surface area contributed by atoms with Crippen molar-refractivity contribution < 1.29 is 19.2 Å². The lowest BCUT2D eigenvalue weighted by Gasteiger charge is -2.26. The van der Waals surface area contributed by atoms with Crippen LogP contribution in [0.3, 0.4) is 0 Å². The molecule has 0 saturated carbocycles. The third-order valence-electron chi connectivity index (χ3n) is 8.59. The Morgan fingerprint density at radius 1 is 1.00 bits per heavy atom. The van der Waals surface area contributed by atoms with Crippen LogP contribution in [0.25, 0.3) is 23.2 Å². The van der Waals surface area contributed by atoms with Gasteiger partial charge in [-0.25, -0.2) is 9.79 Å². The van der Waals surface area contributed by atoms with Gasteiger partial charge in [-0.3, -0.25) is 19.5 Å². The Bertz CT molecular complexity index is 2640. The van der Waals surface area contributed by atoms with Crippen LogP contribution in [0.5, 0.6) is 5.75 Å². The molecule has 0 fully saturated rings. The number of halogens is 1. The summed E-state index contributed by atoms with van der Waals surface area (Å²) in [5, 5.41) is 22.0. The molecule has 272 valence electrons. The first-order valence-electron chi connectivity index (χ1n) is 16.8. The lowest BCUT2D eigenvalue weighted by atomic mass is 9.93. The number of nitro groups is 1. The number of methoxy groups -OCH3 is 1. The Kier molecular flexibility index (Phi) is 10.6. The molecule has 15 heteroatoms. The molecule has 3 heterocycles. The fraction of sp³-hybridized carbons (Fsp3) is 0.154. The van der Waals surface area contributed by atoms with Crippen molar-refractivity contribution in [3.8, 4) is 17.1 Å². The van der Waals surface area contributed by atoms with E-state index in [0.717, 1.165) is 16.9 Å². The molecule has 4 aromatic carbocycles. The van der Waals surface area contributed by atoms with Crippen LogP contribution < -0.4 is 19.6 Å². The molecule has 6 aromatic rings. The van der Waals surface area contributed by atoms with E-state index in [4.69, 9.17) is 26.1 Å².